The number of hydrogen-bond donors (Lipinski definition) is 1. The lowest BCUT2D eigenvalue weighted by Crippen LogP contribution is -2.55. The highest BCUT2D eigenvalue weighted by molar-refractivity contribution is 6.74. The van der Waals surface area contributed by atoms with Crippen molar-refractivity contribution in [3.05, 3.63) is 0 Å². The van der Waals surface area contributed by atoms with Crippen molar-refractivity contribution < 1.29 is 38.1 Å². The van der Waals surface area contributed by atoms with Gasteiger partial charge in [0.1, 0.15) is 17.8 Å². The van der Waals surface area contributed by atoms with Gasteiger partial charge in [-0.15, -0.1) is 0 Å². The maximum Gasteiger partial charge on any atom is 0.311 e. The van der Waals surface area contributed by atoms with E-state index in [-0.39, 0.29) is 41.0 Å². The van der Waals surface area contributed by atoms with Crippen LogP contribution in [0.4, 0.5) is 0 Å². The Morgan fingerprint density at radius 3 is 2.30 bits per heavy atom. The first-order valence-corrected chi connectivity index (χ1v) is 16.7. The van der Waals surface area contributed by atoms with Crippen LogP contribution in [0.25, 0.3) is 0 Å². The van der Waals surface area contributed by atoms with Crippen molar-refractivity contribution >= 4 is 26.0 Å². The van der Waals surface area contributed by atoms with Gasteiger partial charge in [0.2, 0.25) is 0 Å². The highest BCUT2D eigenvalue weighted by Crippen LogP contribution is 2.46. The third-order valence-corrected chi connectivity index (χ3v) is 12.6. The number of fused-ring (bicyclic) bond motifs is 1. The zero-order valence-corrected chi connectivity index (χ0v) is 25.5. The van der Waals surface area contributed by atoms with E-state index in [9.17, 15) is 14.4 Å². The summed E-state index contributed by atoms with van der Waals surface area (Å²) in [6, 6.07) is 0. The van der Waals surface area contributed by atoms with Crippen molar-refractivity contribution in [1.29, 1.82) is 0 Å². The van der Waals surface area contributed by atoms with Crippen LogP contribution >= 0.6 is 0 Å². The standard InChI is InChI=1S/C28H50O8Si/c1-19(22(29)16-24(30)31)15-20-12-13-23-28(36-20,18-34-37(8,9)27(5,6)7)17-21(35-23)11-10-14-33-25(32)26(2,3)4/h19-21,23H,10-18H2,1-9H3,(H,30,31)/t19-,20-,21+,23?,28?/m1/s1. The molecule has 0 aliphatic carbocycles. The molecule has 0 amide bonds. The quantitative estimate of drug-likeness (QED) is 0.149. The molecule has 0 spiro atoms. The van der Waals surface area contributed by atoms with Crippen LogP contribution in [-0.4, -0.2) is 68.3 Å². The molecule has 2 saturated heterocycles. The molecule has 2 unspecified atom stereocenters. The molecule has 2 aliphatic heterocycles. The molecule has 214 valence electrons. The molecule has 1 N–H and O–H groups in total. The molecule has 2 heterocycles. The van der Waals surface area contributed by atoms with Gasteiger partial charge in [-0.05, 0) is 71.0 Å². The van der Waals surface area contributed by atoms with Gasteiger partial charge in [0, 0.05) is 12.3 Å². The fraction of sp³-hybridized carbons (Fsp3) is 0.893. The molecule has 37 heavy (non-hydrogen) atoms. The lowest BCUT2D eigenvalue weighted by atomic mass is 9.84. The molecule has 0 aromatic heterocycles. The minimum Gasteiger partial charge on any atom is -0.481 e. The smallest absolute Gasteiger partial charge is 0.311 e. The summed E-state index contributed by atoms with van der Waals surface area (Å²) < 4.78 is 25.3. The van der Waals surface area contributed by atoms with Crippen molar-refractivity contribution in [3.63, 3.8) is 0 Å². The molecule has 0 radical (unpaired) electrons. The number of ketones is 1. The Labute approximate surface area is 224 Å². The second kappa shape index (κ2) is 12.3. The minimum absolute atomic E-state index is 0.0221. The van der Waals surface area contributed by atoms with Crippen LogP contribution in [0.2, 0.25) is 18.1 Å². The zero-order chi connectivity index (χ0) is 28.2. The van der Waals surface area contributed by atoms with Crippen molar-refractivity contribution in [1.82, 2.24) is 0 Å². The normalized spacial score (nSPS) is 27.4. The van der Waals surface area contributed by atoms with Crippen molar-refractivity contribution in [2.45, 2.75) is 135 Å². The SMILES string of the molecule is C[C@H](C[C@H]1CCC2O[C@@H](CCCOC(=O)C(C)(C)C)CC2(CO[Si](C)(C)C(C)(C)C)O1)C(=O)CC(=O)O. The lowest BCUT2D eigenvalue weighted by Gasteiger charge is -2.45. The molecular weight excluding hydrogens is 492 g/mol. The van der Waals surface area contributed by atoms with E-state index in [2.05, 4.69) is 33.9 Å². The van der Waals surface area contributed by atoms with Crippen LogP contribution < -0.4 is 0 Å². The number of ether oxygens (including phenoxy) is 3. The van der Waals surface area contributed by atoms with Gasteiger partial charge in [0.05, 0.1) is 36.9 Å². The summed E-state index contributed by atoms with van der Waals surface area (Å²) in [5.74, 6) is -1.95. The van der Waals surface area contributed by atoms with E-state index < -0.39 is 31.7 Å². The van der Waals surface area contributed by atoms with Crippen molar-refractivity contribution in [2.75, 3.05) is 13.2 Å². The number of carboxylic acids is 1. The topological polar surface area (TPSA) is 108 Å². The number of esters is 1. The third-order valence-electron chi connectivity index (χ3n) is 8.16. The van der Waals surface area contributed by atoms with Gasteiger partial charge >= 0.3 is 11.9 Å². The number of carboxylic acid groups (broad SMARTS) is 1. The highest BCUT2D eigenvalue weighted by Gasteiger charge is 2.54. The van der Waals surface area contributed by atoms with Gasteiger partial charge < -0.3 is 23.7 Å². The maximum atomic E-state index is 12.3. The van der Waals surface area contributed by atoms with Crippen LogP contribution in [-0.2, 0) is 33.0 Å². The fourth-order valence-electron chi connectivity index (χ4n) is 4.69. The van der Waals surface area contributed by atoms with Gasteiger partial charge in [-0.1, -0.05) is 27.7 Å². The summed E-state index contributed by atoms with van der Waals surface area (Å²) in [4.78, 5) is 35.3. The number of carbonyl (C=O) groups is 3. The van der Waals surface area contributed by atoms with E-state index in [4.69, 9.17) is 23.7 Å². The number of Topliss-reactive ketones (excluding diaryl/α,β-unsaturated/α-hetero) is 1. The van der Waals surface area contributed by atoms with Crippen LogP contribution in [0.15, 0.2) is 0 Å². The van der Waals surface area contributed by atoms with Crippen LogP contribution in [0.3, 0.4) is 0 Å². The minimum atomic E-state index is -2.04. The van der Waals surface area contributed by atoms with E-state index >= 15 is 0 Å². The summed E-state index contributed by atoms with van der Waals surface area (Å²) in [5, 5.41) is 9.05. The van der Waals surface area contributed by atoms with Crippen molar-refractivity contribution in [3.8, 4) is 0 Å². The zero-order valence-electron chi connectivity index (χ0n) is 24.5. The summed E-state index contributed by atoms with van der Waals surface area (Å²) >= 11 is 0. The van der Waals surface area contributed by atoms with E-state index in [0.717, 1.165) is 19.3 Å². The van der Waals surface area contributed by atoms with Crippen LogP contribution in [0.1, 0.15) is 93.4 Å². The third kappa shape index (κ3) is 8.87. The second-order valence-electron chi connectivity index (χ2n) is 13.6. The molecule has 2 rings (SSSR count). The van der Waals surface area contributed by atoms with Gasteiger partial charge in [-0.2, -0.15) is 0 Å². The summed E-state index contributed by atoms with van der Waals surface area (Å²) in [6.07, 6.45) is 3.49. The lowest BCUT2D eigenvalue weighted by molar-refractivity contribution is -0.184. The van der Waals surface area contributed by atoms with E-state index in [1.807, 2.05) is 20.8 Å². The first-order chi connectivity index (χ1) is 16.9. The van der Waals surface area contributed by atoms with E-state index in [1.165, 1.54) is 0 Å². The predicted octanol–water partition coefficient (Wildman–Crippen LogP) is 5.52. The number of rotatable bonds is 12. The Morgan fingerprint density at radius 2 is 1.73 bits per heavy atom. The molecule has 9 heteroatoms. The molecule has 0 aromatic rings. The van der Waals surface area contributed by atoms with E-state index in [0.29, 0.717) is 32.5 Å². The fourth-order valence-corrected chi connectivity index (χ4v) is 5.73. The summed E-state index contributed by atoms with van der Waals surface area (Å²) in [5.41, 5.74) is -1.11. The Morgan fingerprint density at radius 1 is 1.08 bits per heavy atom. The largest absolute Gasteiger partial charge is 0.481 e. The van der Waals surface area contributed by atoms with Gasteiger partial charge in [-0.25, -0.2) is 0 Å². The second-order valence-corrected chi connectivity index (χ2v) is 18.4. The first kappa shape index (κ1) is 31.9. The maximum absolute atomic E-state index is 12.3. The molecular formula is C28H50O8Si. The Kier molecular flexibility index (Phi) is 10.6. The Bertz CT molecular complexity index is 812. The van der Waals surface area contributed by atoms with E-state index in [1.54, 1.807) is 6.92 Å². The van der Waals surface area contributed by atoms with Gasteiger partial charge in [-0.3, -0.25) is 14.4 Å². The highest BCUT2D eigenvalue weighted by atomic mass is 28.4. The number of hydrogen-bond acceptors (Lipinski definition) is 7. The first-order valence-electron chi connectivity index (χ1n) is 13.8. The number of aliphatic carboxylic acids is 1. The summed E-state index contributed by atoms with van der Waals surface area (Å²) in [6.45, 7) is 19.2. The predicted molar refractivity (Wildman–Crippen MR) is 144 cm³/mol. The molecule has 0 bridgehead atoms. The number of carbonyl (C=O) groups excluding carboxylic acids is 2. The summed E-state index contributed by atoms with van der Waals surface area (Å²) in [7, 11) is -2.04. The van der Waals surface area contributed by atoms with Gasteiger partial charge in [0.15, 0.2) is 8.32 Å². The van der Waals surface area contributed by atoms with Crippen LogP contribution in [0.5, 0.6) is 0 Å². The van der Waals surface area contributed by atoms with Crippen molar-refractivity contribution in [2.24, 2.45) is 11.3 Å². The average molecular weight is 543 g/mol. The molecule has 5 atom stereocenters. The monoisotopic (exact) mass is 542 g/mol. The molecule has 0 aromatic carbocycles. The molecule has 2 fully saturated rings. The van der Waals surface area contributed by atoms with Crippen LogP contribution in [0, 0.1) is 11.3 Å². The average Bonchev–Trinajstić information content (AvgIpc) is 3.11. The Balaban J connectivity index is 2.08. The Hall–Kier alpha value is -1.29. The molecule has 0 saturated carbocycles. The molecule has 8 nitrogen and oxygen atoms in total. The van der Waals surface area contributed by atoms with Gasteiger partial charge in [0.25, 0.3) is 0 Å². The molecule has 2 aliphatic rings.